The molecule has 0 aliphatic rings. The Morgan fingerprint density at radius 2 is 1.91 bits per heavy atom. The SMILES string of the molecule is CC[C@H](C)c1ccccc1NC(=O)COc1ccc(C#N)cc1. The summed E-state index contributed by atoms with van der Waals surface area (Å²) >= 11 is 0. The van der Waals surface area contributed by atoms with Gasteiger partial charge in [0.1, 0.15) is 5.75 Å². The molecule has 0 spiro atoms. The number of hydrogen-bond acceptors (Lipinski definition) is 3. The molecule has 0 heterocycles. The minimum atomic E-state index is -0.204. The predicted octanol–water partition coefficient (Wildman–Crippen LogP) is 4.09. The van der Waals surface area contributed by atoms with Crippen molar-refractivity contribution in [3.05, 3.63) is 59.7 Å². The van der Waals surface area contributed by atoms with Gasteiger partial charge in [0, 0.05) is 5.69 Å². The molecule has 0 saturated heterocycles. The lowest BCUT2D eigenvalue weighted by Gasteiger charge is -2.15. The molecule has 1 N–H and O–H groups in total. The first-order valence-corrected chi connectivity index (χ1v) is 7.65. The van der Waals surface area contributed by atoms with Gasteiger partial charge in [-0.2, -0.15) is 5.26 Å². The number of hydrogen-bond donors (Lipinski definition) is 1. The number of anilines is 1. The highest BCUT2D eigenvalue weighted by Gasteiger charge is 2.11. The number of nitriles is 1. The molecule has 0 bridgehead atoms. The van der Waals surface area contributed by atoms with Gasteiger partial charge in [-0.15, -0.1) is 0 Å². The molecule has 0 aliphatic heterocycles. The van der Waals surface area contributed by atoms with Crippen molar-refractivity contribution in [3.63, 3.8) is 0 Å². The van der Waals surface area contributed by atoms with Crippen molar-refractivity contribution in [2.45, 2.75) is 26.2 Å². The van der Waals surface area contributed by atoms with E-state index in [1.807, 2.05) is 30.3 Å². The van der Waals surface area contributed by atoms with Crippen molar-refractivity contribution >= 4 is 11.6 Å². The second-order valence-electron chi connectivity index (χ2n) is 5.37. The minimum absolute atomic E-state index is 0.0687. The Balaban J connectivity index is 1.96. The monoisotopic (exact) mass is 308 g/mol. The molecule has 0 aromatic heterocycles. The second-order valence-corrected chi connectivity index (χ2v) is 5.37. The molecule has 0 fully saturated rings. The smallest absolute Gasteiger partial charge is 0.262 e. The maximum Gasteiger partial charge on any atom is 0.262 e. The number of carbonyl (C=O) groups is 1. The number of amides is 1. The number of carbonyl (C=O) groups excluding carboxylic acids is 1. The lowest BCUT2D eigenvalue weighted by atomic mass is 9.97. The van der Waals surface area contributed by atoms with Gasteiger partial charge in [0.15, 0.2) is 6.61 Å². The largest absolute Gasteiger partial charge is 0.484 e. The van der Waals surface area contributed by atoms with Crippen LogP contribution in [0.15, 0.2) is 48.5 Å². The Labute approximate surface area is 136 Å². The molecule has 1 amide bonds. The third-order valence-corrected chi connectivity index (χ3v) is 3.73. The summed E-state index contributed by atoms with van der Waals surface area (Å²) in [5.41, 5.74) is 2.52. The van der Waals surface area contributed by atoms with Gasteiger partial charge < -0.3 is 10.1 Å². The minimum Gasteiger partial charge on any atom is -0.484 e. The summed E-state index contributed by atoms with van der Waals surface area (Å²) in [5.74, 6) is 0.741. The van der Waals surface area contributed by atoms with E-state index in [0.717, 1.165) is 17.7 Å². The zero-order valence-corrected chi connectivity index (χ0v) is 13.4. The van der Waals surface area contributed by atoms with Gasteiger partial charge >= 0.3 is 0 Å². The van der Waals surface area contributed by atoms with Crippen LogP contribution in [0, 0.1) is 11.3 Å². The van der Waals surface area contributed by atoms with Gasteiger partial charge in [-0.1, -0.05) is 32.0 Å². The van der Waals surface area contributed by atoms with E-state index in [1.165, 1.54) is 0 Å². The van der Waals surface area contributed by atoms with Crippen molar-refractivity contribution < 1.29 is 9.53 Å². The molecule has 0 aliphatic carbocycles. The van der Waals surface area contributed by atoms with E-state index in [-0.39, 0.29) is 12.5 Å². The summed E-state index contributed by atoms with van der Waals surface area (Å²) in [7, 11) is 0. The quantitative estimate of drug-likeness (QED) is 0.874. The fraction of sp³-hybridized carbons (Fsp3) is 0.263. The summed E-state index contributed by atoms with van der Waals surface area (Å²) in [6.07, 6.45) is 1.01. The molecule has 0 radical (unpaired) electrons. The molecule has 2 aromatic carbocycles. The number of nitrogens with one attached hydrogen (secondary N) is 1. The highest BCUT2D eigenvalue weighted by atomic mass is 16.5. The van der Waals surface area contributed by atoms with Crippen LogP contribution in [0.5, 0.6) is 5.75 Å². The van der Waals surface area contributed by atoms with Crippen LogP contribution in [0.3, 0.4) is 0 Å². The molecular formula is C19H20N2O2. The molecule has 2 rings (SSSR count). The first kappa shape index (κ1) is 16.6. The zero-order valence-electron chi connectivity index (χ0n) is 13.4. The lowest BCUT2D eigenvalue weighted by Crippen LogP contribution is -2.21. The van der Waals surface area contributed by atoms with E-state index >= 15 is 0 Å². The highest BCUT2D eigenvalue weighted by molar-refractivity contribution is 5.92. The number of rotatable bonds is 6. The molecular weight excluding hydrogens is 288 g/mol. The maximum absolute atomic E-state index is 12.1. The standard InChI is InChI=1S/C19H20N2O2/c1-3-14(2)17-6-4-5-7-18(17)21-19(22)13-23-16-10-8-15(12-20)9-11-16/h4-11,14H,3,13H2,1-2H3,(H,21,22)/t14-/m0/s1. The summed E-state index contributed by atoms with van der Waals surface area (Å²) in [6, 6.07) is 16.5. The van der Waals surface area contributed by atoms with Crippen LogP contribution < -0.4 is 10.1 Å². The Hall–Kier alpha value is -2.80. The van der Waals surface area contributed by atoms with Crippen molar-refractivity contribution in [1.29, 1.82) is 5.26 Å². The Morgan fingerprint density at radius 3 is 2.57 bits per heavy atom. The van der Waals surface area contributed by atoms with Gasteiger partial charge in [0.05, 0.1) is 11.6 Å². The molecule has 1 atom stereocenters. The van der Waals surface area contributed by atoms with Gasteiger partial charge in [-0.05, 0) is 48.2 Å². The second kappa shape index (κ2) is 8.00. The molecule has 4 heteroatoms. The van der Waals surface area contributed by atoms with Gasteiger partial charge in [-0.3, -0.25) is 4.79 Å². The average Bonchev–Trinajstić information content (AvgIpc) is 2.60. The normalized spacial score (nSPS) is 11.3. The van der Waals surface area contributed by atoms with Gasteiger partial charge in [0.2, 0.25) is 0 Å². The van der Waals surface area contributed by atoms with Crippen LogP contribution in [-0.2, 0) is 4.79 Å². The van der Waals surface area contributed by atoms with Gasteiger partial charge in [-0.25, -0.2) is 0 Å². The third-order valence-electron chi connectivity index (χ3n) is 3.73. The number of ether oxygens (including phenoxy) is 1. The Kier molecular flexibility index (Phi) is 5.76. The van der Waals surface area contributed by atoms with Gasteiger partial charge in [0.25, 0.3) is 5.91 Å². The molecule has 0 saturated carbocycles. The summed E-state index contributed by atoms with van der Waals surface area (Å²) in [4.78, 5) is 12.1. The van der Waals surface area contributed by atoms with Crippen LogP contribution in [0.4, 0.5) is 5.69 Å². The van der Waals surface area contributed by atoms with E-state index < -0.39 is 0 Å². The van der Waals surface area contributed by atoms with E-state index in [9.17, 15) is 4.79 Å². The predicted molar refractivity (Wildman–Crippen MR) is 90.4 cm³/mol. The lowest BCUT2D eigenvalue weighted by molar-refractivity contribution is -0.118. The zero-order chi connectivity index (χ0) is 16.7. The van der Waals surface area contributed by atoms with Crippen LogP contribution in [-0.4, -0.2) is 12.5 Å². The first-order valence-electron chi connectivity index (χ1n) is 7.65. The molecule has 0 unspecified atom stereocenters. The van der Waals surface area contributed by atoms with Crippen LogP contribution >= 0.6 is 0 Å². The summed E-state index contributed by atoms with van der Waals surface area (Å²) in [6.45, 7) is 4.19. The molecule has 23 heavy (non-hydrogen) atoms. The Morgan fingerprint density at radius 1 is 1.22 bits per heavy atom. The maximum atomic E-state index is 12.1. The van der Waals surface area contributed by atoms with Crippen molar-refractivity contribution in [3.8, 4) is 11.8 Å². The highest BCUT2D eigenvalue weighted by Crippen LogP contribution is 2.26. The van der Waals surface area contributed by atoms with E-state index in [4.69, 9.17) is 10.00 Å². The molecule has 2 aromatic rings. The first-order chi connectivity index (χ1) is 11.1. The van der Waals surface area contributed by atoms with Crippen LogP contribution in [0.25, 0.3) is 0 Å². The topological polar surface area (TPSA) is 62.1 Å². The molecule has 4 nitrogen and oxygen atoms in total. The van der Waals surface area contributed by atoms with Crippen molar-refractivity contribution in [1.82, 2.24) is 0 Å². The van der Waals surface area contributed by atoms with E-state index in [1.54, 1.807) is 24.3 Å². The number of para-hydroxylation sites is 1. The van der Waals surface area contributed by atoms with Crippen LogP contribution in [0.2, 0.25) is 0 Å². The Bertz CT molecular complexity index is 702. The summed E-state index contributed by atoms with van der Waals surface area (Å²) < 4.78 is 5.44. The van der Waals surface area contributed by atoms with E-state index in [2.05, 4.69) is 19.2 Å². The fourth-order valence-corrected chi connectivity index (χ4v) is 2.22. The fourth-order valence-electron chi connectivity index (χ4n) is 2.22. The van der Waals surface area contributed by atoms with Crippen molar-refractivity contribution in [2.75, 3.05) is 11.9 Å². The van der Waals surface area contributed by atoms with E-state index in [0.29, 0.717) is 17.2 Å². The van der Waals surface area contributed by atoms with Crippen molar-refractivity contribution in [2.24, 2.45) is 0 Å². The van der Waals surface area contributed by atoms with Crippen LogP contribution in [0.1, 0.15) is 37.3 Å². The summed E-state index contributed by atoms with van der Waals surface area (Å²) in [5, 5.41) is 11.6. The average molecular weight is 308 g/mol. The number of nitrogens with zero attached hydrogens (tertiary/aromatic N) is 1. The number of benzene rings is 2. The third kappa shape index (κ3) is 4.58. The molecule has 118 valence electrons.